The lowest BCUT2D eigenvalue weighted by atomic mass is 9.65. The predicted molar refractivity (Wildman–Crippen MR) is 79.3 cm³/mol. The molecular formula is C16H20ClNO2. The van der Waals surface area contributed by atoms with Gasteiger partial charge in [0.2, 0.25) is 0 Å². The van der Waals surface area contributed by atoms with Gasteiger partial charge in [0.05, 0.1) is 6.61 Å². The average molecular weight is 294 g/mol. The second kappa shape index (κ2) is 5.38. The quantitative estimate of drug-likeness (QED) is 0.908. The zero-order valence-corrected chi connectivity index (χ0v) is 12.3. The van der Waals surface area contributed by atoms with Gasteiger partial charge in [0.1, 0.15) is 11.5 Å². The van der Waals surface area contributed by atoms with E-state index in [1.165, 1.54) is 6.42 Å². The van der Waals surface area contributed by atoms with Crippen molar-refractivity contribution in [3.05, 3.63) is 28.3 Å². The van der Waals surface area contributed by atoms with Gasteiger partial charge in [-0.2, -0.15) is 0 Å². The molecule has 0 spiro atoms. The maximum atomic E-state index is 12.3. The number of ether oxygens (including phenoxy) is 1. The fraction of sp³-hybridized carbons (Fsp3) is 0.562. The number of carbonyl (C=O) groups is 1. The Morgan fingerprint density at radius 2 is 2.20 bits per heavy atom. The van der Waals surface area contributed by atoms with Gasteiger partial charge in [-0.3, -0.25) is 4.79 Å². The summed E-state index contributed by atoms with van der Waals surface area (Å²) < 4.78 is 5.65. The summed E-state index contributed by atoms with van der Waals surface area (Å²) in [5.41, 5.74) is 7.95. The van der Waals surface area contributed by atoms with Crippen molar-refractivity contribution in [1.82, 2.24) is 0 Å². The lowest BCUT2D eigenvalue weighted by Gasteiger charge is -2.40. The first-order valence-electron chi connectivity index (χ1n) is 7.28. The third-order valence-electron chi connectivity index (χ3n) is 4.63. The van der Waals surface area contributed by atoms with Gasteiger partial charge in [0, 0.05) is 29.8 Å². The average Bonchev–Trinajstić information content (AvgIpc) is 2.82. The molecule has 20 heavy (non-hydrogen) atoms. The van der Waals surface area contributed by atoms with Crippen molar-refractivity contribution < 1.29 is 9.53 Å². The summed E-state index contributed by atoms with van der Waals surface area (Å²) in [6.45, 7) is 1.30. The molecule has 0 aromatic heterocycles. The normalized spacial score (nSPS) is 19.1. The van der Waals surface area contributed by atoms with Crippen LogP contribution in [-0.2, 0) is 17.6 Å². The molecule has 0 atom stereocenters. The number of hydrogen-bond acceptors (Lipinski definition) is 3. The molecule has 4 heteroatoms. The predicted octanol–water partition coefficient (Wildman–Crippen LogP) is 2.91. The summed E-state index contributed by atoms with van der Waals surface area (Å²) in [4.78, 5) is 12.3. The van der Waals surface area contributed by atoms with Crippen LogP contribution < -0.4 is 10.5 Å². The Morgan fingerprint density at radius 3 is 2.85 bits per heavy atom. The second-order valence-corrected chi connectivity index (χ2v) is 6.54. The van der Waals surface area contributed by atoms with Crippen LogP contribution in [0.25, 0.3) is 0 Å². The van der Waals surface area contributed by atoms with E-state index in [2.05, 4.69) is 0 Å². The highest BCUT2D eigenvalue weighted by molar-refractivity contribution is 6.30. The Balaban J connectivity index is 1.73. The molecule has 1 aliphatic heterocycles. The maximum Gasteiger partial charge on any atom is 0.138 e. The summed E-state index contributed by atoms with van der Waals surface area (Å²) in [7, 11) is 0. The minimum Gasteiger partial charge on any atom is -0.493 e. The third-order valence-corrected chi connectivity index (χ3v) is 4.85. The first kappa shape index (κ1) is 13.9. The van der Waals surface area contributed by atoms with Crippen molar-refractivity contribution in [1.29, 1.82) is 0 Å². The SMILES string of the molecule is NCC1(CC(=O)Cc2cc(Cl)cc3c2OCC3)CCC1. The van der Waals surface area contributed by atoms with Gasteiger partial charge in [-0.25, -0.2) is 0 Å². The molecule has 0 saturated heterocycles. The standard InChI is InChI=1S/C16H20ClNO2/c17-13-6-11-2-5-20-15(11)12(7-13)8-14(19)9-16(10-18)3-1-4-16/h6-7H,1-5,8-10,18H2. The van der Waals surface area contributed by atoms with Crippen molar-refractivity contribution in [2.75, 3.05) is 13.2 Å². The molecule has 3 nitrogen and oxygen atoms in total. The fourth-order valence-corrected chi connectivity index (χ4v) is 3.56. The highest BCUT2D eigenvalue weighted by atomic mass is 35.5. The van der Waals surface area contributed by atoms with Gasteiger partial charge in [-0.05, 0) is 42.5 Å². The minimum absolute atomic E-state index is 0.0691. The number of benzene rings is 1. The molecule has 0 unspecified atom stereocenters. The molecule has 1 aromatic carbocycles. The highest BCUT2D eigenvalue weighted by Crippen LogP contribution is 2.43. The first-order chi connectivity index (χ1) is 9.62. The van der Waals surface area contributed by atoms with Crippen molar-refractivity contribution in [3.8, 4) is 5.75 Å². The largest absolute Gasteiger partial charge is 0.493 e. The van der Waals surface area contributed by atoms with Crippen molar-refractivity contribution in [3.63, 3.8) is 0 Å². The minimum atomic E-state index is 0.0691. The monoisotopic (exact) mass is 293 g/mol. The molecule has 2 aliphatic rings. The van der Waals surface area contributed by atoms with Crippen LogP contribution in [0.5, 0.6) is 5.75 Å². The van der Waals surface area contributed by atoms with Crippen molar-refractivity contribution in [2.24, 2.45) is 11.1 Å². The molecular weight excluding hydrogens is 274 g/mol. The molecule has 1 aliphatic carbocycles. The summed E-state index contributed by atoms with van der Waals surface area (Å²) in [6.07, 6.45) is 5.23. The van der Waals surface area contributed by atoms with E-state index in [1.807, 2.05) is 12.1 Å². The molecule has 1 aromatic rings. The van der Waals surface area contributed by atoms with Crippen LogP contribution in [0.15, 0.2) is 12.1 Å². The Hall–Kier alpha value is -1.06. The summed E-state index contributed by atoms with van der Waals surface area (Å²) in [5, 5.41) is 0.689. The summed E-state index contributed by atoms with van der Waals surface area (Å²) >= 11 is 6.12. The Labute approximate surface area is 124 Å². The maximum absolute atomic E-state index is 12.3. The summed E-state index contributed by atoms with van der Waals surface area (Å²) in [6, 6.07) is 3.80. The molecule has 1 saturated carbocycles. The molecule has 0 amide bonds. The van der Waals surface area contributed by atoms with E-state index >= 15 is 0 Å². The fourth-order valence-electron chi connectivity index (χ4n) is 3.30. The van der Waals surface area contributed by atoms with E-state index in [9.17, 15) is 4.79 Å². The van der Waals surface area contributed by atoms with Crippen LogP contribution in [-0.4, -0.2) is 18.9 Å². The Morgan fingerprint density at radius 1 is 1.40 bits per heavy atom. The molecule has 0 radical (unpaired) electrons. The molecule has 1 fully saturated rings. The van der Waals surface area contributed by atoms with Crippen LogP contribution >= 0.6 is 11.6 Å². The van der Waals surface area contributed by atoms with Gasteiger partial charge >= 0.3 is 0 Å². The molecule has 1 heterocycles. The number of carbonyl (C=O) groups excluding carboxylic acids is 1. The van der Waals surface area contributed by atoms with Crippen LogP contribution in [0, 0.1) is 5.41 Å². The Kier molecular flexibility index (Phi) is 3.74. The van der Waals surface area contributed by atoms with Gasteiger partial charge in [0.25, 0.3) is 0 Å². The van der Waals surface area contributed by atoms with E-state index in [0.29, 0.717) is 31.0 Å². The van der Waals surface area contributed by atoms with Crippen LogP contribution in [0.4, 0.5) is 0 Å². The topological polar surface area (TPSA) is 52.3 Å². The number of hydrogen-bond donors (Lipinski definition) is 1. The van der Waals surface area contributed by atoms with Crippen LogP contribution in [0.3, 0.4) is 0 Å². The summed E-state index contributed by atoms with van der Waals surface area (Å²) in [5.74, 6) is 1.12. The number of Topliss-reactive ketones (excluding diaryl/α,β-unsaturated/α-hetero) is 1. The molecule has 3 rings (SSSR count). The van der Waals surface area contributed by atoms with Crippen LogP contribution in [0.1, 0.15) is 36.8 Å². The third kappa shape index (κ3) is 2.57. The zero-order valence-electron chi connectivity index (χ0n) is 11.6. The van der Waals surface area contributed by atoms with Gasteiger partial charge < -0.3 is 10.5 Å². The lowest BCUT2D eigenvalue weighted by molar-refractivity contribution is -0.122. The number of fused-ring (bicyclic) bond motifs is 1. The number of nitrogens with two attached hydrogens (primary N) is 1. The van der Waals surface area contributed by atoms with E-state index in [4.69, 9.17) is 22.1 Å². The van der Waals surface area contributed by atoms with Crippen LogP contribution in [0.2, 0.25) is 5.02 Å². The van der Waals surface area contributed by atoms with E-state index in [1.54, 1.807) is 0 Å². The lowest BCUT2D eigenvalue weighted by Crippen LogP contribution is -2.39. The molecule has 2 N–H and O–H groups in total. The Bertz CT molecular complexity index is 532. The number of ketones is 1. The highest BCUT2D eigenvalue weighted by Gasteiger charge is 2.37. The van der Waals surface area contributed by atoms with E-state index in [0.717, 1.165) is 36.1 Å². The smallest absolute Gasteiger partial charge is 0.138 e. The van der Waals surface area contributed by atoms with Gasteiger partial charge in [0.15, 0.2) is 0 Å². The molecule has 108 valence electrons. The zero-order chi connectivity index (χ0) is 14.2. The van der Waals surface area contributed by atoms with Crippen molar-refractivity contribution >= 4 is 17.4 Å². The second-order valence-electron chi connectivity index (χ2n) is 6.10. The number of halogens is 1. The van der Waals surface area contributed by atoms with Gasteiger partial charge in [-0.1, -0.05) is 18.0 Å². The first-order valence-corrected chi connectivity index (χ1v) is 7.66. The van der Waals surface area contributed by atoms with Crippen molar-refractivity contribution in [2.45, 2.75) is 38.5 Å². The van der Waals surface area contributed by atoms with E-state index in [-0.39, 0.29) is 11.2 Å². The molecule has 0 bridgehead atoms. The van der Waals surface area contributed by atoms with E-state index < -0.39 is 0 Å². The van der Waals surface area contributed by atoms with Gasteiger partial charge in [-0.15, -0.1) is 0 Å². The number of rotatable bonds is 5.